The second-order valence-electron chi connectivity index (χ2n) is 7.81. The molecule has 0 saturated carbocycles. The number of hydrogen-bond donors (Lipinski definition) is 0. The summed E-state index contributed by atoms with van der Waals surface area (Å²) in [6, 6.07) is 25.9. The average molecular weight is 608 g/mol. The van der Waals surface area contributed by atoms with Crippen molar-refractivity contribution in [1.82, 2.24) is 0 Å². The number of benzene rings is 4. The average Bonchev–Trinajstić information content (AvgIpc) is 3.30. The van der Waals surface area contributed by atoms with Gasteiger partial charge in [0.05, 0.1) is 0 Å². The zero-order valence-electron chi connectivity index (χ0n) is 17.6. The molecule has 31 heavy (non-hydrogen) atoms. The van der Waals surface area contributed by atoms with Gasteiger partial charge in [-0.3, -0.25) is 0 Å². The zero-order valence-corrected chi connectivity index (χ0v) is 22.7. The Morgan fingerprint density at radius 1 is 0.548 bits per heavy atom. The maximum atomic E-state index is 3.46. The van der Waals surface area contributed by atoms with E-state index in [0.29, 0.717) is 0 Å². The Bertz CT molecular complexity index is 1180. The predicted molar refractivity (Wildman–Crippen MR) is 118 cm³/mol. The minimum Gasteiger partial charge on any atom is -1.00 e. The first-order chi connectivity index (χ1) is 13.7. The zero-order chi connectivity index (χ0) is 19.1. The van der Waals surface area contributed by atoms with Crippen molar-refractivity contribution in [2.75, 3.05) is 0 Å². The monoisotopic (exact) mass is 608 g/mol. The summed E-state index contributed by atoms with van der Waals surface area (Å²) >= 11 is 0. The van der Waals surface area contributed by atoms with Crippen molar-refractivity contribution < 1.29 is 50.7 Å². The molecule has 152 valence electrons. The first-order valence-corrected chi connectivity index (χ1v) is 9.89. The van der Waals surface area contributed by atoms with Crippen molar-refractivity contribution in [1.29, 1.82) is 0 Å². The minimum atomic E-state index is 0. The van der Waals surface area contributed by atoms with Gasteiger partial charge in [-0.2, -0.15) is 23.3 Å². The number of allylic oxidation sites excluding steroid dienone is 2. The fourth-order valence-electron chi connectivity index (χ4n) is 4.31. The summed E-state index contributed by atoms with van der Waals surface area (Å²) in [5, 5.41) is 5.30. The summed E-state index contributed by atoms with van der Waals surface area (Å²) in [5.41, 5.74) is 8.14. The van der Waals surface area contributed by atoms with E-state index in [2.05, 4.69) is 98.8 Å². The molecule has 0 unspecified atom stereocenters. The maximum Gasteiger partial charge on any atom is 4.00 e. The molecule has 0 aliphatic heterocycles. The minimum absolute atomic E-state index is 0. The first kappa shape index (κ1) is 25.6. The van der Waals surface area contributed by atoms with Crippen LogP contribution in [0.15, 0.2) is 83.9 Å². The van der Waals surface area contributed by atoms with Crippen molar-refractivity contribution in [3.05, 3.63) is 118 Å². The van der Waals surface area contributed by atoms with E-state index in [1.165, 1.54) is 54.9 Å². The van der Waals surface area contributed by atoms with Crippen molar-refractivity contribution in [2.24, 2.45) is 0 Å². The van der Waals surface area contributed by atoms with Crippen molar-refractivity contribution >= 4 is 21.5 Å². The van der Waals surface area contributed by atoms with E-state index in [0.717, 1.165) is 12.8 Å². The number of halogens is 2. The molecule has 3 heteroatoms. The Kier molecular flexibility index (Phi) is 8.89. The number of hydrogen-bond acceptors (Lipinski definition) is 0. The van der Waals surface area contributed by atoms with Gasteiger partial charge >= 0.3 is 25.8 Å². The predicted octanol–water partition coefficient (Wildman–Crippen LogP) is 0.992. The van der Waals surface area contributed by atoms with E-state index in [1.54, 1.807) is 0 Å². The number of fused-ring (bicyclic) bond motifs is 6. The van der Waals surface area contributed by atoms with Gasteiger partial charge in [-0.05, 0) is 0 Å². The third-order valence-electron chi connectivity index (χ3n) is 5.62. The van der Waals surface area contributed by atoms with Crippen molar-refractivity contribution in [3.63, 3.8) is 0 Å². The van der Waals surface area contributed by atoms with Gasteiger partial charge in [0.15, 0.2) is 0 Å². The van der Waals surface area contributed by atoms with Crippen LogP contribution in [0.5, 0.6) is 0 Å². The Balaban J connectivity index is 0.000000201. The second kappa shape index (κ2) is 10.8. The van der Waals surface area contributed by atoms with E-state index in [-0.39, 0.29) is 50.7 Å². The van der Waals surface area contributed by atoms with Gasteiger partial charge in [-0.1, -0.05) is 86.0 Å². The van der Waals surface area contributed by atoms with Crippen molar-refractivity contribution in [3.8, 4) is 0 Å². The molecule has 6 rings (SSSR count). The van der Waals surface area contributed by atoms with Crippen LogP contribution in [0.4, 0.5) is 0 Å². The van der Waals surface area contributed by atoms with Crippen LogP contribution in [0.3, 0.4) is 0 Å². The number of rotatable bonds is 0. The van der Waals surface area contributed by atoms with E-state index >= 15 is 0 Å². The van der Waals surface area contributed by atoms with Gasteiger partial charge in [0.2, 0.25) is 0 Å². The largest absolute Gasteiger partial charge is 4.00 e. The van der Waals surface area contributed by atoms with Crippen LogP contribution in [0, 0.1) is 12.2 Å². The third kappa shape index (κ3) is 5.06. The van der Waals surface area contributed by atoms with Gasteiger partial charge in [-0.15, -0.1) is 57.3 Å². The summed E-state index contributed by atoms with van der Waals surface area (Å²) < 4.78 is 0. The summed E-state index contributed by atoms with van der Waals surface area (Å²) in [7, 11) is 0. The molecule has 0 bridgehead atoms. The molecule has 0 saturated heterocycles. The summed E-state index contributed by atoms with van der Waals surface area (Å²) in [6.45, 7) is 4.30. The molecule has 4 aromatic carbocycles. The van der Waals surface area contributed by atoms with Crippen LogP contribution in [0.25, 0.3) is 21.5 Å². The molecule has 0 spiro atoms. The quantitative estimate of drug-likeness (QED) is 0.207. The molecular formula is C28H22Cl2Hf. The van der Waals surface area contributed by atoms with Crippen molar-refractivity contribution in [2.45, 2.75) is 26.7 Å². The van der Waals surface area contributed by atoms with E-state index in [1.807, 2.05) is 0 Å². The van der Waals surface area contributed by atoms with Crippen LogP contribution >= 0.6 is 0 Å². The fraction of sp³-hybridized carbons (Fsp3) is 0.143. The molecule has 0 heterocycles. The third-order valence-corrected chi connectivity index (χ3v) is 5.62. The van der Waals surface area contributed by atoms with Gasteiger partial charge in [0.25, 0.3) is 0 Å². The van der Waals surface area contributed by atoms with E-state index in [9.17, 15) is 0 Å². The standard InChI is InChI=1S/2C14H11.2ClH.Hf/c2*1-10-8-12-7-6-11-4-2-3-5-13(11)14(12)9-10;;;/h2*2-7H,8H2,1H3;2*1H;/q2*-1;;;+4/p-2. The second-order valence-corrected chi connectivity index (χ2v) is 7.81. The maximum absolute atomic E-state index is 3.46. The van der Waals surface area contributed by atoms with Gasteiger partial charge in [0, 0.05) is 0 Å². The molecule has 2 aliphatic rings. The van der Waals surface area contributed by atoms with Crippen LogP contribution < -0.4 is 24.8 Å². The van der Waals surface area contributed by atoms with Crippen LogP contribution in [-0.2, 0) is 38.7 Å². The van der Waals surface area contributed by atoms with E-state index < -0.39 is 0 Å². The van der Waals surface area contributed by atoms with E-state index in [4.69, 9.17) is 0 Å². The molecule has 0 radical (unpaired) electrons. The normalized spacial score (nSPS) is 12.8. The van der Waals surface area contributed by atoms with Crippen LogP contribution in [-0.4, -0.2) is 0 Å². The Labute approximate surface area is 216 Å². The summed E-state index contributed by atoms with van der Waals surface area (Å²) in [5.74, 6) is 0. The van der Waals surface area contributed by atoms with Crippen LogP contribution in [0.2, 0.25) is 0 Å². The van der Waals surface area contributed by atoms with Gasteiger partial charge < -0.3 is 24.8 Å². The molecule has 0 nitrogen and oxygen atoms in total. The Morgan fingerprint density at radius 2 is 0.935 bits per heavy atom. The molecule has 0 aromatic heterocycles. The molecule has 0 fully saturated rings. The Morgan fingerprint density at radius 3 is 1.35 bits per heavy atom. The first-order valence-electron chi connectivity index (χ1n) is 9.89. The smallest absolute Gasteiger partial charge is 1.00 e. The molecule has 0 N–H and O–H groups in total. The van der Waals surface area contributed by atoms with Gasteiger partial charge in [0.1, 0.15) is 0 Å². The molecule has 0 amide bonds. The SMILES string of the molecule is CC1=[C-]c2c(ccc3ccccc23)C1.CC1=[C-]c2c(ccc3ccccc23)C1.[Cl-].[Cl-].[Hf+4]. The molecule has 2 aliphatic carbocycles. The van der Waals surface area contributed by atoms with Gasteiger partial charge in [-0.25, -0.2) is 0 Å². The molecular weight excluding hydrogens is 586 g/mol. The summed E-state index contributed by atoms with van der Waals surface area (Å²) in [6.07, 6.45) is 9.05. The topological polar surface area (TPSA) is 0 Å². The fourth-order valence-corrected chi connectivity index (χ4v) is 4.31. The summed E-state index contributed by atoms with van der Waals surface area (Å²) in [4.78, 5) is 0. The molecule has 0 atom stereocenters. The molecule has 4 aromatic rings. The Hall–Kier alpha value is -1.67. The van der Waals surface area contributed by atoms with Crippen LogP contribution in [0.1, 0.15) is 36.1 Å².